The van der Waals surface area contributed by atoms with E-state index in [1.807, 2.05) is 43.7 Å². The van der Waals surface area contributed by atoms with Gasteiger partial charge >= 0.3 is 6.09 Å². The molecule has 1 fully saturated rings. The smallest absolute Gasteiger partial charge is 0.410 e. The number of aromatic nitrogens is 3. The summed E-state index contributed by atoms with van der Waals surface area (Å²) in [6.45, 7) is 7.78. The third-order valence-electron chi connectivity index (χ3n) is 3.91. The second kappa shape index (κ2) is 5.72. The van der Waals surface area contributed by atoms with E-state index in [9.17, 15) is 4.79 Å². The number of carbonyl (C=O) groups excluding carboxylic acids is 1. The number of hydrogen-bond donors (Lipinski definition) is 1. The van der Waals surface area contributed by atoms with E-state index in [2.05, 4.69) is 10.3 Å². The Kier molecular flexibility index (Phi) is 3.87. The summed E-state index contributed by atoms with van der Waals surface area (Å²) in [5, 5.41) is 8.36. The van der Waals surface area contributed by atoms with Crippen LogP contribution in [0.4, 0.5) is 10.5 Å². The maximum atomic E-state index is 12.1. The quantitative estimate of drug-likeness (QED) is 0.859. The Morgan fingerprint density at radius 2 is 2.22 bits per heavy atom. The van der Waals surface area contributed by atoms with E-state index in [1.165, 1.54) is 0 Å². The van der Waals surface area contributed by atoms with Crippen molar-refractivity contribution in [3.8, 4) is 0 Å². The van der Waals surface area contributed by atoms with Gasteiger partial charge in [0.05, 0.1) is 5.52 Å². The van der Waals surface area contributed by atoms with Gasteiger partial charge in [-0.05, 0) is 51.3 Å². The van der Waals surface area contributed by atoms with Crippen molar-refractivity contribution in [2.45, 2.75) is 39.3 Å². The number of benzene rings is 1. The van der Waals surface area contributed by atoms with Gasteiger partial charge in [-0.3, -0.25) is 0 Å². The Morgan fingerprint density at radius 3 is 2.96 bits per heavy atom. The van der Waals surface area contributed by atoms with Gasteiger partial charge in [-0.15, -0.1) is 5.10 Å². The SMILES string of the molecule is CC(C)(C)OC(=O)N1CCC(Cn2nnc3cc(N)ccc32)C1. The number of carbonyl (C=O) groups is 1. The van der Waals surface area contributed by atoms with Gasteiger partial charge in [0.2, 0.25) is 0 Å². The summed E-state index contributed by atoms with van der Waals surface area (Å²) in [6, 6.07) is 5.61. The van der Waals surface area contributed by atoms with Crippen LogP contribution in [0, 0.1) is 5.92 Å². The van der Waals surface area contributed by atoms with Crippen molar-refractivity contribution < 1.29 is 9.53 Å². The number of anilines is 1. The van der Waals surface area contributed by atoms with Crippen molar-refractivity contribution in [3.05, 3.63) is 18.2 Å². The maximum absolute atomic E-state index is 12.1. The van der Waals surface area contributed by atoms with Crippen molar-refractivity contribution in [1.82, 2.24) is 19.9 Å². The average molecular weight is 317 g/mol. The number of rotatable bonds is 2. The van der Waals surface area contributed by atoms with Gasteiger partial charge in [0.15, 0.2) is 0 Å². The van der Waals surface area contributed by atoms with Crippen LogP contribution in [0.5, 0.6) is 0 Å². The highest BCUT2D eigenvalue weighted by Gasteiger charge is 2.30. The van der Waals surface area contributed by atoms with Gasteiger partial charge in [-0.1, -0.05) is 5.21 Å². The molecular formula is C16H23N5O2. The Labute approximate surface area is 135 Å². The van der Waals surface area contributed by atoms with E-state index < -0.39 is 5.60 Å². The molecular weight excluding hydrogens is 294 g/mol. The lowest BCUT2D eigenvalue weighted by atomic mass is 10.1. The Bertz CT molecular complexity index is 719. The highest BCUT2D eigenvalue weighted by atomic mass is 16.6. The molecule has 23 heavy (non-hydrogen) atoms. The molecule has 1 amide bonds. The Morgan fingerprint density at radius 1 is 1.43 bits per heavy atom. The molecule has 1 saturated heterocycles. The highest BCUT2D eigenvalue weighted by Crippen LogP contribution is 2.22. The molecule has 2 N–H and O–H groups in total. The third kappa shape index (κ3) is 3.55. The van der Waals surface area contributed by atoms with Gasteiger partial charge in [-0.25, -0.2) is 9.48 Å². The Hall–Kier alpha value is -2.31. The predicted molar refractivity (Wildman–Crippen MR) is 87.9 cm³/mol. The second-order valence-electron chi connectivity index (χ2n) is 7.10. The highest BCUT2D eigenvalue weighted by molar-refractivity contribution is 5.78. The molecule has 1 atom stereocenters. The summed E-state index contributed by atoms with van der Waals surface area (Å²) in [5.74, 6) is 0.352. The van der Waals surface area contributed by atoms with Crippen LogP contribution in [0.1, 0.15) is 27.2 Å². The summed E-state index contributed by atoms with van der Waals surface area (Å²) in [4.78, 5) is 13.9. The molecule has 0 spiro atoms. The number of fused-ring (bicyclic) bond motifs is 1. The first-order chi connectivity index (χ1) is 10.8. The molecule has 1 unspecified atom stereocenters. The van der Waals surface area contributed by atoms with Crippen LogP contribution in [-0.4, -0.2) is 44.7 Å². The van der Waals surface area contributed by atoms with Crippen LogP contribution < -0.4 is 5.73 Å². The minimum Gasteiger partial charge on any atom is -0.444 e. The molecule has 2 heterocycles. The van der Waals surface area contributed by atoms with Gasteiger partial charge in [0.25, 0.3) is 0 Å². The molecule has 2 aromatic rings. The summed E-state index contributed by atoms with van der Waals surface area (Å²) in [6.07, 6.45) is 0.700. The number of ether oxygens (including phenoxy) is 1. The number of nitrogens with two attached hydrogens (primary N) is 1. The largest absolute Gasteiger partial charge is 0.444 e. The Balaban J connectivity index is 1.64. The van der Waals surface area contributed by atoms with Crippen LogP contribution >= 0.6 is 0 Å². The zero-order chi connectivity index (χ0) is 16.6. The van der Waals surface area contributed by atoms with E-state index in [-0.39, 0.29) is 6.09 Å². The molecule has 0 radical (unpaired) electrons. The fraction of sp³-hybridized carbons (Fsp3) is 0.562. The molecule has 1 aromatic heterocycles. The van der Waals surface area contributed by atoms with Crippen molar-refractivity contribution >= 4 is 22.8 Å². The molecule has 1 aliphatic rings. The third-order valence-corrected chi connectivity index (χ3v) is 3.91. The fourth-order valence-electron chi connectivity index (χ4n) is 2.84. The van der Waals surface area contributed by atoms with E-state index >= 15 is 0 Å². The molecule has 1 aromatic carbocycles. The molecule has 7 heteroatoms. The zero-order valence-electron chi connectivity index (χ0n) is 13.8. The van der Waals surface area contributed by atoms with Gasteiger partial charge in [0.1, 0.15) is 11.1 Å². The molecule has 7 nitrogen and oxygen atoms in total. The van der Waals surface area contributed by atoms with E-state index in [1.54, 1.807) is 4.90 Å². The molecule has 3 rings (SSSR count). The first-order valence-corrected chi connectivity index (χ1v) is 7.88. The van der Waals surface area contributed by atoms with E-state index in [0.29, 0.717) is 18.2 Å². The number of nitrogen functional groups attached to an aromatic ring is 1. The van der Waals surface area contributed by atoms with Crippen LogP contribution in [0.15, 0.2) is 18.2 Å². The summed E-state index contributed by atoms with van der Waals surface area (Å²) in [7, 11) is 0. The second-order valence-corrected chi connectivity index (χ2v) is 7.10. The van der Waals surface area contributed by atoms with Gasteiger partial charge < -0.3 is 15.4 Å². The number of amides is 1. The standard InChI is InChI=1S/C16H23N5O2/c1-16(2,3)23-15(22)20-7-6-11(9-20)10-21-14-5-4-12(17)8-13(14)18-19-21/h4-5,8,11H,6-7,9-10,17H2,1-3H3. The zero-order valence-corrected chi connectivity index (χ0v) is 13.8. The molecule has 124 valence electrons. The lowest BCUT2D eigenvalue weighted by molar-refractivity contribution is 0.0287. The summed E-state index contributed by atoms with van der Waals surface area (Å²) < 4.78 is 7.31. The molecule has 0 bridgehead atoms. The van der Waals surface area contributed by atoms with Crippen LogP contribution in [-0.2, 0) is 11.3 Å². The number of likely N-dealkylation sites (tertiary alicyclic amines) is 1. The number of nitrogens with zero attached hydrogens (tertiary/aromatic N) is 4. The monoisotopic (exact) mass is 317 g/mol. The topological polar surface area (TPSA) is 86.3 Å². The van der Waals surface area contributed by atoms with Crippen molar-refractivity contribution in [2.24, 2.45) is 5.92 Å². The van der Waals surface area contributed by atoms with E-state index in [0.717, 1.165) is 30.5 Å². The minimum atomic E-state index is -0.461. The average Bonchev–Trinajstić information content (AvgIpc) is 3.05. The summed E-state index contributed by atoms with van der Waals surface area (Å²) >= 11 is 0. The predicted octanol–water partition coefficient (Wildman–Crippen LogP) is 2.27. The fourth-order valence-corrected chi connectivity index (χ4v) is 2.84. The maximum Gasteiger partial charge on any atom is 0.410 e. The van der Waals surface area contributed by atoms with Gasteiger partial charge in [-0.2, -0.15) is 0 Å². The first kappa shape index (κ1) is 15.6. The van der Waals surface area contributed by atoms with Crippen molar-refractivity contribution in [3.63, 3.8) is 0 Å². The van der Waals surface area contributed by atoms with Crippen LogP contribution in [0.3, 0.4) is 0 Å². The summed E-state index contributed by atoms with van der Waals surface area (Å²) in [5.41, 5.74) is 7.75. The van der Waals surface area contributed by atoms with Crippen molar-refractivity contribution in [1.29, 1.82) is 0 Å². The molecule has 0 saturated carbocycles. The van der Waals surface area contributed by atoms with Crippen molar-refractivity contribution in [2.75, 3.05) is 18.8 Å². The van der Waals surface area contributed by atoms with E-state index in [4.69, 9.17) is 10.5 Å². The van der Waals surface area contributed by atoms with Gasteiger partial charge in [0, 0.05) is 25.3 Å². The first-order valence-electron chi connectivity index (χ1n) is 7.88. The minimum absolute atomic E-state index is 0.240. The normalized spacial score (nSPS) is 18.6. The van der Waals surface area contributed by atoms with Crippen LogP contribution in [0.25, 0.3) is 11.0 Å². The lowest BCUT2D eigenvalue weighted by Crippen LogP contribution is -2.35. The lowest BCUT2D eigenvalue weighted by Gasteiger charge is -2.24. The molecule has 0 aliphatic carbocycles. The number of hydrogen-bond acceptors (Lipinski definition) is 5. The molecule has 1 aliphatic heterocycles. The van der Waals surface area contributed by atoms with Crippen LogP contribution in [0.2, 0.25) is 0 Å².